The molecule has 2 N–H and O–H groups in total. The maximum Gasteiger partial charge on any atom is 0.341 e. The molecule has 0 aliphatic rings. The molecule has 2 aromatic heterocycles. The average molecular weight is 297 g/mol. The van der Waals surface area contributed by atoms with Gasteiger partial charge in [0, 0.05) is 6.20 Å². The van der Waals surface area contributed by atoms with Gasteiger partial charge in [0.2, 0.25) is 0 Å². The summed E-state index contributed by atoms with van der Waals surface area (Å²) in [7, 11) is 1.30. The van der Waals surface area contributed by atoms with Crippen LogP contribution in [-0.2, 0) is 11.3 Å². The van der Waals surface area contributed by atoms with E-state index >= 15 is 0 Å². The summed E-state index contributed by atoms with van der Waals surface area (Å²) in [6.07, 6.45) is 1.52. The molecule has 1 amide bonds. The second kappa shape index (κ2) is 5.83. The molecule has 0 saturated carbocycles. The van der Waals surface area contributed by atoms with Gasteiger partial charge in [0.1, 0.15) is 22.8 Å². The molecule has 0 spiro atoms. The number of hydrogen-bond acceptors (Lipinski definition) is 4. The molecule has 0 atom stereocenters. The Morgan fingerprint density at radius 1 is 1.45 bits per heavy atom. The molecule has 0 saturated heterocycles. The number of carbonyl (C=O) groups is 2. The van der Waals surface area contributed by atoms with Crippen LogP contribution in [0.25, 0.3) is 0 Å². The molecule has 2 rings (SSSR count). The highest BCUT2D eigenvalue weighted by Crippen LogP contribution is 2.16. The first-order valence-corrected chi connectivity index (χ1v) is 6.18. The van der Waals surface area contributed by atoms with E-state index < -0.39 is 5.97 Å². The number of hydrogen-bond donors (Lipinski definition) is 2. The van der Waals surface area contributed by atoms with E-state index in [4.69, 9.17) is 16.0 Å². The second-order valence-electron chi connectivity index (χ2n) is 4.09. The summed E-state index contributed by atoms with van der Waals surface area (Å²) >= 11 is 5.72. The van der Waals surface area contributed by atoms with Gasteiger partial charge >= 0.3 is 5.97 Å². The lowest BCUT2D eigenvalue weighted by molar-refractivity contribution is 0.0598. The normalized spacial score (nSPS) is 10.3. The first kappa shape index (κ1) is 14.2. The van der Waals surface area contributed by atoms with Gasteiger partial charge in [-0.05, 0) is 19.1 Å². The van der Waals surface area contributed by atoms with Crippen LogP contribution in [0.5, 0.6) is 0 Å². The number of esters is 1. The van der Waals surface area contributed by atoms with E-state index in [2.05, 4.69) is 15.0 Å². The number of aromatic amines is 1. The van der Waals surface area contributed by atoms with Crippen LogP contribution >= 0.6 is 11.6 Å². The van der Waals surface area contributed by atoms with Crippen molar-refractivity contribution in [2.75, 3.05) is 7.11 Å². The fourth-order valence-corrected chi connectivity index (χ4v) is 1.87. The van der Waals surface area contributed by atoms with E-state index in [1.54, 1.807) is 13.0 Å². The zero-order chi connectivity index (χ0) is 14.7. The average Bonchev–Trinajstić information content (AvgIpc) is 3.01. The number of nitrogens with one attached hydrogen (secondary N) is 2. The molecule has 0 aromatic carbocycles. The van der Waals surface area contributed by atoms with Crippen LogP contribution in [0.2, 0.25) is 5.02 Å². The SMILES string of the molecule is COC(=O)c1cc(CNC(=O)c2cc(Cl)c[nH]2)oc1C. The third kappa shape index (κ3) is 3.03. The molecule has 0 fully saturated rings. The number of halogens is 1. The Labute approximate surface area is 120 Å². The summed E-state index contributed by atoms with van der Waals surface area (Å²) in [6.45, 7) is 1.82. The Balaban J connectivity index is 2.01. The monoisotopic (exact) mass is 296 g/mol. The van der Waals surface area contributed by atoms with Crippen molar-refractivity contribution in [2.24, 2.45) is 0 Å². The van der Waals surface area contributed by atoms with Gasteiger partial charge in [-0.2, -0.15) is 0 Å². The van der Waals surface area contributed by atoms with Gasteiger partial charge in [-0.1, -0.05) is 11.6 Å². The number of H-pyrrole nitrogens is 1. The van der Waals surface area contributed by atoms with Gasteiger partial charge in [0.05, 0.1) is 18.7 Å². The van der Waals surface area contributed by atoms with Crippen molar-refractivity contribution < 1.29 is 18.7 Å². The molecule has 2 aromatic rings. The van der Waals surface area contributed by atoms with Gasteiger partial charge in [0.25, 0.3) is 5.91 Å². The van der Waals surface area contributed by atoms with Crippen LogP contribution in [0.1, 0.15) is 32.4 Å². The van der Waals surface area contributed by atoms with E-state index in [1.807, 2.05) is 0 Å². The number of methoxy groups -OCH3 is 1. The minimum atomic E-state index is -0.472. The van der Waals surface area contributed by atoms with Crippen LogP contribution in [0.3, 0.4) is 0 Å². The minimum absolute atomic E-state index is 0.160. The van der Waals surface area contributed by atoms with E-state index in [0.717, 1.165) is 0 Å². The van der Waals surface area contributed by atoms with Gasteiger partial charge in [-0.25, -0.2) is 4.79 Å². The molecule has 0 radical (unpaired) electrons. The highest BCUT2D eigenvalue weighted by molar-refractivity contribution is 6.30. The Morgan fingerprint density at radius 3 is 2.80 bits per heavy atom. The first-order chi connectivity index (χ1) is 9.51. The smallest absolute Gasteiger partial charge is 0.341 e. The number of carbonyl (C=O) groups excluding carboxylic acids is 2. The molecule has 106 valence electrons. The molecule has 0 aliphatic carbocycles. The lowest BCUT2D eigenvalue weighted by Gasteiger charge is -2.00. The van der Waals surface area contributed by atoms with Crippen molar-refractivity contribution in [2.45, 2.75) is 13.5 Å². The maximum atomic E-state index is 11.8. The molecule has 0 aliphatic heterocycles. The van der Waals surface area contributed by atoms with Gasteiger partial charge < -0.3 is 19.5 Å². The van der Waals surface area contributed by atoms with E-state index in [9.17, 15) is 9.59 Å². The third-order valence-corrected chi connectivity index (χ3v) is 2.91. The van der Waals surface area contributed by atoms with Gasteiger partial charge in [0.15, 0.2) is 0 Å². The standard InChI is InChI=1S/C13H13ClN2O4/c1-7-10(13(18)19-2)4-9(20-7)6-16-12(17)11-3-8(14)5-15-11/h3-5,15H,6H2,1-2H3,(H,16,17). The number of rotatable bonds is 4. The molecule has 0 unspecified atom stereocenters. The van der Waals surface area contributed by atoms with Gasteiger partial charge in [-0.3, -0.25) is 4.79 Å². The highest BCUT2D eigenvalue weighted by atomic mass is 35.5. The van der Waals surface area contributed by atoms with Crippen molar-refractivity contribution in [3.63, 3.8) is 0 Å². The summed E-state index contributed by atoms with van der Waals surface area (Å²) < 4.78 is 10.00. The predicted octanol–water partition coefficient (Wildman–Crippen LogP) is 2.29. The summed E-state index contributed by atoms with van der Waals surface area (Å²) in [5.74, 6) is 0.128. The second-order valence-corrected chi connectivity index (χ2v) is 4.52. The van der Waals surface area contributed by atoms with Crippen LogP contribution in [0, 0.1) is 6.92 Å². The van der Waals surface area contributed by atoms with Gasteiger partial charge in [-0.15, -0.1) is 0 Å². The van der Waals surface area contributed by atoms with E-state index in [1.165, 1.54) is 19.4 Å². The lowest BCUT2D eigenvalue weighted by atomic mass is 10.2. The minimum Gasteiger partial charge on any atom is -0.465 e. The first-order valence-electron chi connectivity index (χ1n) is 5.81. The molecular formula is C13H13ClN2O4. The third-order valence-electron chi connectivity index (χ3n) is 2.69. The number of ether oxygens (including phenoxy) is 1. The topological polar surface area (TPSA) is 84.3 Å². The Bertz CT molecular complexity index is 645. The summed E-state index contributed by atoms with van der Waals surface area (Å²) in [5.41, 5.74) is 0.700. The number of furan rings is 1. The van der Waals surface area contributed by atoms with Crippen LogP contribution < -0.4 is 5.32 Å². The zero-order valence-corrected chi connectivity index (χ0v) is 11.7. The summed E-state index contributed by atoms with van der Waals surface area (Å²) in [4.78, 5) is 25.9. The van der Waals surface area contributed by atoms with E-state index in [0.29, 0.717) is 27.8 Å². The predicted molar refractivity (Wildman–Crippen MR) is 71.8 cm³/mol. The molecule has 2 heterocycles. The summed E-state index contributed by atoms with van der Waals surface area (Å²) in [6, 6.07) is 3.06. The Kier molecular flexibility index (Phi) is 4.14. The molecular weight excluding hydrogens is 284 g/mol. The molecule has 7 heteroatoms. The number of aromatic nitrogens is 1. The Hall–Kier alpha value is -2.21. The fourth-order valence-electron chi connectivity index (χ4n) is 1.71. The van der Waals surface area contributed by atoms with Crippen molar-refractivity contribution in [3.8, 4) is 0 Å². The van der Waals surface area contributed by atoms with Crippen LogP contribution in [-0.4, -0.2) is 24.0 Å². The fraction of sp³-hybridized carbons (Fsp3) is 0.231. The van der Waals surface area contributed by atoms with E-state index in [-0.39, 0.29) is 12.5 Å². The van der Waals surface area contributed by atoms with Crippen molar-refractivity contribution in [1.82, 2.24) is 10.3 Å². The molecule has 6 nitrogen and oxygen atoms in total. The Morgan fingerprint density at radius 2 is 2.20 bits per heavy atom. The molecule has 0 bridgehead atoms. The van der Waals surface area contributed by atoms with Crippen molar-refractivity contribution in [3.05, 3.63) is 46.1 Å². The number of aryl methyl sites for hydroxylation is 1. The largest absolute Gasteiger partial charge is 0.465 e. The zero-order valence-electron chi connectivity index (χ0n) is 11.0. The summed E-state index contributed by atoms with van der Waals surface area (Å²) in [5, 5.41) is 3.11. The number of amides is 1. The van der Waals surface area contributed by atoms with Crippen molar-refractivity contribution in [1.29, 1.82) is 0 Å². The maximum absolute atomic E-state index is 11.8. The molecule has 20 heavy (non-hydrogen) atoms. The highest BCUT2D eigenvalue weighted by Gasteiger charge is 2.16. The van der Waals surface area contributed by atoms with Crippen molar-refractivity contribution >= 4 is 23.5 Å². The van der Waals surface area contributed by atoms with Crippen LogP contribution in [0.15, 0.2) is 22.7 Å². The quantitative estimate of drug-likeness (QED) is 0.848. The van der Waals surface area contributed by atoms with Crippen LogP contribution in [0.4, 0.5) is 0 Å². The lowest BCUT2D eigenvalue weighted by Crippen LogP contribution is -2.22.